The van der Waals surface area contributed by atoms with Crippen molar-refractivity contribution in [1.82, 2.24) is 4.90 Å². The number of halogens is 1. The molecule has 0 spiro atoms. The number of amides is 1. The van der Waals surface area contributed by atoms with E-state index in [1.807, 2.05) is 13.8 Å². The third kappa shape index (κ3) is 4.09. The van der Waals surface area contributed by atoms with Crippen LogP contribution in [0.1, 0.15) is 24.2 Å². The van der Waals surface area contributed by atoms with Crippen molar-refractivity contribution in [1.29, 1.82) is 0 Å². The number of ether oxygens (including phenoxy) is 2. The standard InChI is InChI=1S/C15H21ClN2O3/c1-15(2)20-8-11(9-21-15)17-13-7-10(5-6-12(13)16)14(19)18(3)4/h5-7,11,17H,8-9H2,1-4H3. The van der Waals surface area contributed by atoms with Gasteiger partial charge in [0.2, 0.25) is 0 Å². The number of carbonyl (C=O) groups is 1. The molecule has 1 aromatic carbocycles. The minimum Gasteiger partial charge on any atom is -0.376 e. The van der Waals surface area contributed by atoms with Gasteiger partial charge in [-0.15, -0.1) is 0 Å². The fourth-order valence-corrected chi connectivity index (χ4v) is 2.19. The number of nitrogens with zero attached hydrogens (tertiary/aromatic N) is 1. The summed E-state index contributed by atoms with van der Waals surface area (Å²) in [4.78, 5) is 13.5. The second kappa shape index (κ2) is 6.22. The van der Waals surface area contributed by atoms with Crippen LogP contribution in [0.15, 0.2) is 18.2 Å². The molecular weight excluding hydrogens is 292 g/mol. The Morgan fingerprint density at radius 2 is 1.95 bits per heavy atom. The predicted octanol–water partition coefficient (Wildman–Crippen LogP) is 2.61. The maximum Gasteiger partial charge on any atom is 0.253 e. The van der Waals surface area contributed by atoms with E-state index >= 15 is 0 Å². The molecule has 0 unspecified atom stereocenters. The first kappa shape index (κ1) is 16.1. The molecule has 0 radical (unpaired) electrons. The summed E-state index contributed by atoms with van der Waals surface area (Å²) in [5.41, 5.74) is 1.30. The third-order valence-corrected chi connectivity index (χ3v) is 3.57. The van der Waals surface area contributed by atoms with Crippen molar-refractivity contribution >= 4 is 23.2 Å². The molecule has 0 bridgehead atoms. The van der Waals surface area contributed by atoms with Gasteiger partial charge in [0.15, 0.2) is 5.79 Å². The quantitative estimate of drug-likeness (QED) is 0.932. The first-order valence-electron chi connectivity index (χ1n) is 6.84. The Morgan fingerprint density at radius 3 is 2.52 bits per heavy atom. The summed E-state index contributed by atoms with van der Waals surface area (Å²) in [6, 6.07) is 5.19. The Bertz CT molecular complexity index is 522. The minimum atomic E-state index is -0.551. The smallest absolute Gasteiger partial charge is 0.253 e. The van der Waals surface area contributed by atoms with Crippen LogP contribution in [0.4, 0.5) is 5.69 Å². The zero-order chi connectivity index (χ0) is 15.6. The van der Waals surface area contributed by atoms with Crippen molar-refractivity contribution < 1.29 is 14.3 Å². The molecule has 1 heterocycles. The molecule has 1 amide bonds. The van der Waals surface area contributed by atoms with Crippen LogP contribution >= 0.6 is 11.6 Å². The number of anilines is 1. The van der Waals surface area contributed by atoms with Gasteiger partial charge in [-0.3, -0.25) is 4.79 Å². The number of benzene rings is 1. The van der Waals surface area contributed by atoms with E-state index in [-0.39, 0.29) is 11.9 Å². The van der Waals surface area contributed by atoms with E-state index in [0.717, 1.165) is 0 Å². The normalized spacial score (nSPS) is 18.3. The van der Waals surface area contributed by atoms with E-state index < -0.39 is 5.79 Å². The maximum atomic E-state index is 12.0. The summed E-state index contributed by atoms with van der Waals surface area (Å²) in [5.74, 6) is -0.614. The highest BCUT2D eigenvalue weighted by atomic mass is 35.5. The number of carbonyl (C=O) groups excluding carboxylic acids is 1. The first-order chi connectivity index (χ1) is 9.78. The van der Waals surface area contributed by atoms with Crippen LogP contribution in [0.3, 0.4) is 0 Å². The molecular formula is C15H21ClN2O3. The predicted molar refractivity (Wildman–Crippen MR) is 82.9 cm³/mol. The molecule has 0 aliphatic carbocycles. The average molecular weight is 313 g/mol. The number of rotatable bonds is 3. The Labute approximate surface area is 130 Å². The fraction of sp³-hybridized carbons (Fsp3) is 0.533. The van der Waals surface area contributed by atoms with Crippen molar-refractivity contribution in [2.45, 2.75) is 25.7 Å². The van der Waals surface area contributed by atoms with Gasteiger partial charge >= 0.3 is 0 Å². The topological polar surface area (TPSA) is 50.8 Å². The Balaban J connectivity index is 2.09. The highest BCUT2D eigenvalue weighted by Gasteiger charge is 2.28. The van der Waals surface area contributed by atoms with Crippen molar-refractivity contribution in [3.8, 4) is 0 Å². The summed E-state index contributed by atoms with van der Waals surface area (Å²) >= 11 is 6.19. The Morgan fingerprint density at radius 1 is 1.33 bits per heavy atom. The van der Waals surface area contributed by atoms with Crippen LogP contribution in [-0.4, -0.2) is 49.9 Å². The molecule has 1 aliphatic heterocycles. The van der Waals surface area contributed by atoms with Crippen LogP contribution < -0.4 is 5.32 Å². The van der Waals surface area contributed by atoms with Gasteiger partial charge in [-0.05, 0) is 32.0 Å². The molecule has 116 valence electrons. The Hall–Kier alpha value is -1.30. The first-order valence-corrected chi connectivity index (χ1v) is 7.22. The molecule has 1 aliphatic rings. The molecule has 2 rings (SSSR count). The van der Waals surface area contributed by atoms with E-state index in [1.54, 1.807) is 32.3 Å². The van der Waals surface area contributed by atoms with Crippen molar-refractivity contribution in [2.75, 3.05) is 32.6 Å². The van der Waals surface area contributed by atoms with E-state index in [0.29, 0.717) is 29.5 Å². The van der Waals surface area contributed by atoms with Crippen LogP contribution in [0.25, 0.3) is 0 Å². The number of hydrogen-bond donors (Lipinski definition) is 1. The lowest BCUT2D eigenvalue weighted by molar-refractivity contribution is -0.247. The van der Waals surface area contributed by atoms with Crippen LogP contribution in [0, 0.1) is 0 Å². The van der Waals surface area contributed by atoms with E-state index in [9.17, 15) is 4.79 Å². The summed E-state index contributed by atoms with van der Waals surface area (Å²) in [6.45, 7) is 4.81. The monoisotopic (exact) mass is 312 g/mol. The molecule has 1 saturated heterocycles. The number of nitrogens with one attached hydrogen (secondary N) is 1. The Kier molecular flexibility index (Phi) is 4.76. The fourth-order valence-electron chi connectivity index (χ4n) is 2.02. The van der Waals surface area contributed by atoms with E-state index in [4.69, 9.17) is 21.1 Å². The summed E-state index contributed by atoms with van der Waals surface area (Å²) < 4.78 is 11.2. The molecule has 6 heteroatoms. The number of hydrogen-bond acceptors (Lipinski definition) is 4. The highest BCUT2D eigenvalue weighted by molar-refractivity contribution is 6.33. The van der Waals surface area contributed by atoms with Crippen LogP contribution in [0.5, 0.6) is 0 Å². The SMILES string of the molecule is CN(C)C(=O)c1ccc(Cl)c(NC2COC(C)(C)OC2)c1. The van der Waals surface area contributed by atoms with Crippen LogP contribution in [0.2, 0.25) is 5.02 Å². The van der Waals surface area contributed by atoms with Gasteiger partial charge in [-0.1, -0.05) is 11.6 Å². The van der Waals surface area contributed by atoms with Gasteiger partial charge < -0.3 is 19.7 Å². The largest absolute Gasteiger partial charge is 0.376 e. The van der Waals surface area contributed by atoms with Crippen molar-refractivity contribution in [3.05, 3.63) is 28.8 Å². The maximum absolute atomic E-state index is 12.0. The summed E-state index contributed by atoms with van der Waals surface area (Å²) in [6.07, 6.45) is 0. The van der Waals surface area contributed by atoms with Gasteiger partial charge in [0.05, 0.1) is 30.0 Å². The second-order valence-electron chi connectivity index (χ2n) is 5.76. The summed E-state index contributed by atoms with van der Waals surface area (Å²) in [7, 11) is 3.43. The lowest BCUT2D eigenvalue weighted by Crippen LogP contribution is -2.45. The van der Waals surface area contributed by atoms with Gasteiger partial charge in [0, 0.05) is 19.7 Å². The lowest BCUT2D eigenvalue weighted by atomic mass is 10.1. The van der Waals surface area contributed by atoms with Crippen LogP contribution in [-0.2, 0) is 9.47 Å². The molecule has 0 atom stereocenters. The molecule has 0 aromatic heterocycles. The van der Waals surface area contributed by atoms with E-state index in [1.165, 1.54) is 4.90 Å². The zero-order valence-corrected chi connectivity index (χ0v) is 13.5. The molecule has 0 saturated carbocycles. The van der Waals surface area contributed by atoms with E-state index in [2.05, 4.69) is 5.32 Å². The van der Waals surface area contributed by atoms with Crippen molar-refractivity contribution in [3.63, 3.8) is 0 Å². The average Bonchev–Trinajstić information content (AvgIpc) is 2.42. The molecule has 5 nitrogen and oxygen atoms in total. The zero-order valence-electron chi connectivity index (χ0n) is 12.8. The van der Waals surface area contributed by atoms with Crippen molar-refractivity contribution in [2.24, 2.45) is 0 Å². The molecule has 1 fully saturated rings. The molecule has 1 N–H and O–H groups in total. The minimum absolute atomic E-state index is 0.000216. The van der Waals surface area contributed by atoms with Gasteiger partial charge in [0.1, 0.15) is 0 Å². The lowest BCUT2D eigenvalue weighted by Gasteiger charge is -2.35. The molecule has 1 aromatic rings. The van der Waals surface area contributed by atoms with Gasteiger partial charge in [-0.2, -0.15) is 0 Å². The highest BCUT2D eigenvalue weighted by Crippen LogP contribution is 2.26. The van der Waals surface area contributed by atoms with Gasteiger partial charge in [-0.25, -0.2) is 0 Å². The summed E-state index contributed by atoms with van der Waals surface area (Å²) in [5, 5.41) is 3.83. The second-order valence-corrected chi connectivity index (χ2v) is 6.16. The molecule has 21 heavy (non-hydrogen) atoms. The van der Waals surface area contributed by atoms with Gasteiger partial charge in [0.25, 0.3) is 5.91 Å². The third-order valence-electron chi connectivity index (χ3n) is 3.24.